The van der Waals surface area contributed by atoms with E-state index in [4.69, 9.17) is 34.4 Å². The minimum Gasteiger partial charge on any atom is -0.456 e. The second kappa shape index (κ2) is 12.3. The van der Waals surface area contributed by atoms with Crippen LogP contribution < -0.4 is 0 Å². The van der Waals surface area contributed by atoms with Crippen LogP contribution in [0.2, 0.25) is 0 Å². The van der Waals surface area contributed by atoms with E-state index in [-0.39, 0.29) is 55.7 Å². The van der Waals surface area contributed by atoms with E-state index in [0.29, 0.717) is 22.3 Å². The molecule has 0 unspecified atom stereocenters. The fraction of sp³-hybridized carbons (Fsp3) is 0. The Labute approximate surface area is 347 Å². The summed E-state index contributed by atoms with van der Waals surface area (Å²) >= 11 is 0. The van der Waals surface area contributed by atoms with Gasteiger partial charge in [-0.25, -0.2) is 4.98 Å². The van der Waals surface area contributed by atoms with Crippen LogP contribution in [0.4, 0.5) is 0 Å². The summed E-state index contributed by atoms with van der Waals surface area (Å²) in [6.45, 7) is 0. The summed E-state index contributed by atoms with van der Waals surface area (Å²) in [7, 11) is 0. The molecule has 12 rings (SSSR count). The second-order valence-corrected chi connectivity index (χ2v) is 13.3. The average Bonchev–Trinajstić information content (AvgIpc) is 4.09. The molecule has 0 atom stereocenters. The van der Waals surface area contributed by atoms with E-state index < -0.39 is 102 Å². The molecule has 6 heteroatoms. The van der Waals surface area contributed by atoms with Crippen LogP contribution in [-0.4, -0.2) is 24.1 Å². The Morgan fingerprint density at radius 3 is 1.81 bits per heavy atom. The molecule has 0 spiro atoms. The van der Waals surface area contributed by atoms with Crippen LogP contribution in [0.1, 0.15) is 20.6 Å². The molecule has 4 aromatic heterocycles. The van der Waals surface area contributed by atoms with Crippen LogP contribution in [0, 0.1) is 0 Å². The van der Waals surface area contributed by atoms with E-state index in [1.165, 1.54) is 4.57 Å². The van der Waals surface area contributed by atoms with Gasteiger partial charge in [0.25, 0.3) is 0 Å². The predicted molar refractivity (Wildman–Crippen MR) is 232 cm³/mol. The van der Waals surface area contributed by atoms with Crippen LogP contribution in [-0.2, 0) is 0 Å². The van der Waals surface area contributed by atoms with Crippen molar-refractivity contribution in [1.29, 1.82) is 0 Å². The monoisotopic (exact) mass is 744 g/mol. The summed E-state index contributed by atoms with van der Waals surface area (Å²) < 4.78 is 145. The van der Waals surface area contributed by atoms with Gasteiger partial charge in [-0.1, -0.05) is 133 Å². The number of benzene rings is 8. The molecule has 0 aliphatic heterocycles. The van der Waals surface area contributed by atoms with Crippen molar-refractivity contribution in [2.24, 2.45) is 0 Å². The topological polar surface area (TPSA) is 61.7 Å². The van der Waals surface area contributed by atoms with Gasteiger partial charge in [-0.2, -0.15) is 9.97 Å². The van der Waals surface area contributed by atoms with Gasteiger partial charge in [0.1, 0.15) is 11.2 Å². The van der Waals surface area contributed by atoms with Gasteiger partial charge >= 0.3 is 0 Å². The third-order valence-electron chi connectivity index (χ3n) is 10.1. The first kappa shape index (κ1) is 20.2. The van der Waals surface area contributed by atoms with Crippen LogP contribution in [0.3, 0.4) is 0 Å². The highest BCUT2D eigenvalue weighted by atomic mass is 16.3. The molecule has 0 amide bonds. The van der Waals surface area contributed by atoms with Gasteiger partial charge in [0, 0.05) is 49.1 Å². The minimum atomic E-state index is -0.776. The van der Waals surface area contributed by atoms with Crippen molar-refractivity contribution >= 4 is 65.6 Å². The van der Waals surface area contributed by atoms with E-state index in [1.54, 1.807) is 36.4 Å². The molecule has 0 saturated carbocycles. The average molecular weight is 745 g/mol. The van der Waals surface area contributed by atoms with E-state index >= 15 is 0 Å². The van der Waals surface area contributed by atoms with Gasteiger partial charge in [0.05, 0.1) is 42.6 Å². The SMILES string of the molecule is [2H]c1c([2H])c([2H])c(-n2c3c([2H])c([2H])c([2H])c([2H])c3c3c([2H])c4c5c([2H])c([2H])c([2H])c([2H])c5n(-c5nc(-c6ccccc6)nc(-c6ccc7c(c6)oc6cccc(-c8ccccc8)c67)n5)c4c([2H])c32)c([2H])c1[2H]. The van der Waals surface area contributed by atoms with E-state index in [2.05, 4.69) is 0 Å². The molecule has 0 radical (unpaired) electrons. The van der Waals surface area contributed by atoms with Gasteiger partial charge in [-0.05, 0) is 65.6 Å². The summed E-state index contributed by atoms with van der Waals surface area (Å²) in [5.41, 5.74) is 2.19. The Balaban J connectivity index is 1.25. The molecule has 0 bridgehead atoms. The third kappa shape index (κ3) is 4.87. The van der Waals surface area contributed by atoms with E-state index in [1.807, 2.05) is 60.7 Å². The molecule has 12 aromatic rings. The number of para-hydroxylation sites is 3. The highest BCUT2D eigenvalue weighted by Crippen LogP contribution is 2.41. The number of aromatic nitrogens is 5. The third-order valence-corrected chi connectivity index (χ3v) is 10.1. The maximum absolute atomic E-state index is 10.2. The van der Waals surface area contributed by atoms with Crippen molar-refractivity contribution in [3.8, 4) is 45.5 Å². The molecule has 0 N–H and O–H groups in total. The molecular formula is C51H31N5O. The van der Waals surface area contributed by atoms with E-state index in [0.717, 1.165) is 26.5 Å². The Hall–Kier alpha value is -7.83. The lowest BCUT2D eigenvalue weighted by molar-refractivity contribution is 0.669. The van der Waals surface area contributed by atoms with Crippen molar-refractivity contribution in [1.82, 2.24) is 24.1 Å². The highest BCUT2D eigenvalue weighted by Gasteiger charge is 2.22. The summed E-state index contributed by atoms with van der Waals surface area (Å²) in [5.74, 6) is -0.0732. The fourth-order valence-corrected chi connectivity index (χ4v) is 7.62. The molecular weight excluding hydrogens is 699 g/mol. The molecule has 57 heavy (non-hydrogen) atoms. The molecule has 8 aromatic carbocycles. The van der Waals surface area contributed by atoms with Crippen LogP contribution in [0.15, 0.2) is 192 Å². The molecule has 0 aliphatic rings. The zero-order valence-electron chi connectivity index (χ0n) is 44.4. The van der Waals surface area contributed by atoms with Gasteiger partial charge in [0.15, 0.2) is 11.6 Å². The fourth-order valence-electron chi connectivity index (χ4n) is 7.62. The minimum absolute atomic E-state index is 0.0796. The Bertz CT molecular complexity index is 4370. The van der Waals surface area contributed by atoms with Crippen molar-refractivity contribution in [2.45, 2.75) is 0 Å². The smallest absolute Gasteiger partial charge is 0.238 e. The zero-order valence-corrected chi connectivity index (χ0v) is 29.4. The summed E-state index contributed by atoms with van der Waals surface area (Å²) in [5, 5.41) is 0.608. The Morgan fingerprint density at radius 1 is 0.439 bits per heavy atom. The van der Waals surface area contributed by atoms with E-state index in [9.17, 15) is 5.48 Å². The first-order valence-electron chi connectivity index (χ1n) is 25.4. The lowest BCUT2D eigenvalue weighted by Gasteiger charge is -2.11. The molecule has 0 fully saturated rings. The van der Waals surface area contributed by atoms with Crippen molar-refractivity contribution in [3.05, 3.63) is 188 Å². The summed E-state index contributed by atoms with van der Waals surface area (Å²) in [6, 6.07) is 19.7. The quantitative estimate of drug-likeness (QED) is 0.176. The number of furan rings is 1. The Kier molecular flexibility index (Phi) is 4.37. The van der Waals surface area contributed by atoms with Gasteiger partial charge in [0.2, 0.25) is 5.95 Å². The first-order valence-corrected chi connectivity index (χ1v) is 17.9. The number of hydrogen-bond donors (Lipinski definition) is 0. The number of nitrogens with zero attached hydrogens (tertiary/aromatic N) is 5. The van der Waals surface area contributed by atoms with Crippen LogP contribution >= 0.6 is 0 Å². The zero-order chi connectivity index (χ0) is 50.5. The maximum Gasteiger partial charge on any atom is 0.238 e. The molecule has 4 heterocycles. The lowest BCUT2D eigenvalue weighted by Crippen LogP contribution is -2.06. The number of rotatable bonds is 5. The predicted octanol–water partition coefficient (Wildman–Crippen LogP) is 13.0. The number of fused-ring (bicyclic) bond motifs is 9. The first-order chi connectivity index (χ1) is 34.5. The number of hydrogen-bond acceptors (Lipinski definition) is 4. The summed E-state index contributed by atoms with van der Waals surface area (Å²) in [4.78, 5) is 14.8. The van der Waals surface area contributed by atoms with Crippen molar-refractivity contribution in [2.75, 3.05) is 0 Å². The standard InChI is InChI=1S/C51H31N5O/c1-4-15-32(16-5-1)36-23-14-26-46-48(36)39-28-27-34(29-47(39)57-46)50-52-49(33-17-6-2-7-18-33)53-51(54-50)56-43-25-13-11-22-38(43)41-30-40-37-21-10-12-24-42(37)55(44(40)31-45(41)56)35-19-8-3-9-20-35/h1-31H/i3D,8D,9D,10D,11D,12D,13D,19D,20D,21D,22D,24D,25D,30D,31D. The van der Waals surface area contributed by atoms with Crippen LogP contribution in [0.5, 0.6) is 0 Å². The van der Waals surface area contributed by atoms with Gasteiger partial charge in [-0.15, -0.1) is 0 Å². The normalized spacial score (nSPS) is 15.5. The maximum atomic E-state index is 10.2. The summed E-state index contributed by atoms with van der Waals surface area (Å²) in [6.07, 6.45) is 0. The van der Waals surface area contributed by atoms with Crippen molar-refractivity contribution < 1.29 is 25.0 Å². The van der Waals surface area contributed by atoms with Crippen molar-refractivity contribution in [3.63, 3.8) is 0 Å². The molecule has 0 saturated heterocycles. The largest absolute Gasteiger partial charge is 0.456 e. The van der Waals surface area contributed by atoms with Gasteiger partial charge in [-0.3, -0.25) is 4.57 Å². The lowest BCUT2D eigenvalue weighted by atomic mass is 9.99. The second-order valence-electron chi connectivity index (χ2n) is 13.3. The van der Waals surface area contributed by atoms with Crippen LogP contribution in [0.25, 0.3) is 111 Å². The molecule has 266 valence electrons. The molecule has 0 aliphatic carbocycles. The highest BCUT2D eigenvalue weighted by molar-refractivity contribution is 6.19. The van der Waals surface area contributed by atoms with Gasteiger partial charge < -0.3 is 8.98 Å². The molecule has 6 nitrogen and oxygen atoms in total. The Morgan fingerprint density at radius 2 is 1.07 bits per heavy atom.